The molecule has 2 aromatic rings. The predicted molar refractivity (Wildman–Crippen MR) is 114 cm³/mol. The van der Waals surface area contributed by atoms with Crippen LogP contribution in [0.4, 0.5) is 0 Å². The van der Waals surface area contributed by atoms with Gasteiger partial charge in [-0.2, -0.15) is 0 Å². The number of ether oxygens (including phenoxy) is 1. The van der Waals surface area contributed by atoms with E-state index in [4.69, 9.17) is 9.84 Å². The number of aliphatic hydroxyl groups excluding tert-OH is 2. The molecule has 3 N–H and O–H groups in total. The number of rotatable bonds is 11. The lowest BCUT2D eigenvalue weighted by atomic mass is 10.0. The van der Waals surface area contributed by atoms with Crippen LogP contribution in [0.2, 0.25) is 0 Å². The molecule has 8 nitrogen and oxygen atoms in total. The van der Waals surface area contributed by atoms with Crippen molar-refractivity contribution in [1.29, 1.82) is 0 Å². The number of hydrogen-bond donors (Lipinski definition) is 3. The molecule has 0 radical (unpaired) electrons. The summed E-state index contributed by atoms with van der Waals surface area (Å²) in [6, 6.07) is 8.44. The monoisotopic (exact) mass is 428 g/mol. The normalized spacial score (nSPS) is 17.3. The molecule has 1 aliphatic carbocycles. The molecular formula is C23H28N2O6. The highest BCUT2D eigenvalue weighted by Crippen LogP contribution is 2.41. The van der Waals surface area contributed by atoms with Crippen LogP contribution in [-0.4, -0.2) is 52.8 Å². The van der Waals surface area contributed by atoms with Gasteiger partial charge in [0.15, 0.2) is 5.78 Å². The molecule has 31 heavy (non-hydrogen) atoms. The molecule has 0 saturated heterocycles. The van der Waals surface area contributed by atoms with Crippen molar-refractivity contribution in [1.82, 2.24) is 9.88 Å². The Bertz CT molecular complexity index is 1000. The number of nitrogens with one attached hydrogen (secondary N) is 1. The minimum Gasteiger partial charge on any atom is -0.491 e. The fraction of sp³-hybridized carbons (Fsp3) is 0.435. The molecule has 8 heteroatoms. The number of amides is 1. The molecule has 1 heterocycles. The number of carbonyl (C=O) groups is 2. The second kappa shape index (κ2) is 10.4. The van der Waals surface area contributed by atoms with Crippen molar-refractivity contribution in [2.24, 2.45) is 11.8 Å². The molecular weight excluding hydrogens is 400 g/mol. The van der Waals surface area contributed by atoms with E-state index in [9.17, 15) is 19.5 Å². The number of pyridine rings is 1. The van der Waals surface area contributed by atoms with Crippen LogP contribution in [0.3, 0.4) is 0 Å². The molecule has 1 aromatic carbocycles. The highest BCUT2D eigenvalue weighted by molar-refractivity contribution is 6.00. The van der Waals surface area contributed by atoms with E-state index >= 15 is 0 Å². The highest BCUT2D eigenvalue weighted by Gasteiger charge is 2.38. The molecule has 1 aromatic heterocycles. The number of nitrogens with zero attached hydrogens (tertiary/aromatic N) is 1. The van der Waals surface area contributed by atoms with Crippen LogP contribution in [0.25, 0.3) is 0 Å². The van der Waals surface area contributed by atoms with Crippen LogP contribution in [0.1, 0.15) is 46.0 Å². The molecule has 166 valence electrons. The van der Waals surface area contributed by atoms with Crippen molar-refractivity contribution >= 4 is 11.7 Å². The van der Waals surface area contributed by atoms with E-state index in [-0.39, 0.29) is 56.0 Å². The Hall–Kier alpha value is -2.97. The van der Waals surface area contributed by atoms with Crippen LogP contribution in [0.15, 0.2) is 41.3 Å². The third-order valence-electron chi connectivity index (χ3n) is 5.35. The van der Waals surface area contributed by atoms with E-state index in [1.165, 1.54) is 16.8 Å². The summed E-state index contributed by atoms with van der Waals surface area (Å²) in [6.45, 7) is 2.39. The number of aliphatic hydroxyl groups is 2. The zero-order chi connectivity index (χ0) is 22.4. The first-order valence-electron chi connectivity index (χ1n) is 10.5. The summed E-state index contributed by atoms with van der Waals surface area (Å²) in [6.07, 6.45) is 2.58. The zero-order valence-electron chi connectivity index (χ0n) is 17.5. The Morgan fingerprint density at radius 1 is 1.23 bits per heavy atom. The average Bonchev–Trinajstić information content (AvgIpc) is 3.52. The van der Waals surface area contributed by atoms with Crippen LogP contribution in [0.5, 0.6) is 5.75 Å². The molecule has 0 unspecified atom stereocenters. The SMILES string of the molecule is CCNC(=O)c1cc(C(=O)C[C@H]2C[C@@H]2CO)cn(Cc2cccc(OCCO)c2)c1=O. The van der Waals surface area contributed by atoms with Gasteiger partial charge in [0.05, 0.1) is 13.2 Å². The van der Waals surface area contributed by atoms with E-state index < -0.39 is 11.5 Å². The van der Waals surface area contributed by atoms with Crippen molar-refractivity contribution < 1.29 is 24.5 Å². The van der Waals surface area contributed by atoms with Gasteiger partial charge in [-0.3, -0.25) is 14.4 Å². The Morgan fingerprint density at radius 3 is 2.71 bits per heavy atom. The smallest absolute Gasteiger partial charge is 0.263 e. The van der Waals surface area contributed by atoms with Gasteiger partial charge in [-0.25, -0.2) is 0 Å². The molecule has 3 rings (SSSR count). The predicted octanol–water partition coefficient (Wildman–Crippen LogP) is 1.22. The average molecular weight is 428 g/mol. The summed E-state index contributed by atoms with van der Waals surface area (Å²) in [5, 5.41) is 20.8. The lowest BCUT2D eigenvalue weighted by Gasteiger charge is -2.13. The molecule has 1 amide bonds. The van der Waals surface area contributed by atoms with E-state index in [0.717, 1.165) is 12.0 Å². The lowest BCUT2D eigenvalue weighted by Crippen LogP contribution is -2.34. The van der Waals surface area contributed by atoms with Gasteiger partial charge in [0.2, 0.25) is 0 Å². The Morgan fingerprint density at radius 2 is 2.03 bits per heavy atom. The van der Waals surface area contributed by atoms with E-state index in [0.29, 0.717) is 17.9 Å². The van der Waals surface area contributed by atoms with Gasteiger partial charge < -0.3 is 24.8 Å². The molecule has 1 fully saturated rings. The van der Waals surface area contributed by atoms with E-state index in [1.807, 2.05) is 6.07 Å². The van der Waals surface area contributed by atoms with E-state index in [2.05, 4.69) is 5.32 Å². The molecule has 0 aliphatic heterocycles. The van der Waals surface area contributed by atoms with Crippen molar-refractivity contribution in [3.8, 4) is 5.75 Å². The Balaban J connectivity index is 1.90. The third-order valence-corrected chi connectivity index (χ3v) is 5.35. The standard InChI is InChI=1S/C23H28N2O6/c1-2-24-22(29)20-10-17(21(28)11-16-9-18(16)14-27)13-25(23(20)30)12-15-4-3-5-19(8-15)31-7-6-26/h3-5,8,10,13,16,18,26-27H,2,6-7,9,11-12,14H2,1H3,(H,24,29)/t16-,18-/m1/s1. The number of hydrogen-bond acceptors (Lipinski definition) is 6. The number of carbonyl (C=O) groups excluding carboxylic acids is 2. The van der Waals surface area contributed by atoms with E-state index in [1.54, 1.807) is 25.1 Å². The van der Waals surface area contributed by atoms with Gasteiger partial charge in [0.1, 0.15) is 17.9 Å². The van der Waals surface area contributed by atoms with Gasteiger partial charge in [0.25, 0.3) is 11.5 Å². The summed E-state index contributed by atoms with van der Waals surface area (Å²) in [5.41, 5.74) is 0.502. The minimum absolute atomic E-state index is 0.0658. The minimum atomic E-state index is -0.518. The van der Waals surface area contributed by atoms with Gasteiger partial charge in [0, 0.05) is 31.3 Å². The number of benzene rings is 1. The fourth-order valence-electron chi connectivity index (χ4n) is 3.56. The number of Topliss-reactive ketones (excluding diaryl/α,β-unsaturated/α-hetero) is 1. The second-order valence-electron chi connectivity index (χ2n) is 7.72. The maximum Gasteiger partial charge on any atom is 0.263 e. The highest BCUT2D eigenvalue weighted by atomic mass is 16.5. The molecule has 2 atom stereocenters. The Labute approximate surface area is 180 Å². The zero-order valence-corrected chi connectivity index (χ0v) is 17.5. The third kappa shape index (κ3) is 5.80. The summed E-state index contributed by atoms with van der Waals surface area (Å²) in [4.78, 5) is 38.2. The molecule has 1 saturated carbocycles. The van der Waals surface area contributed by atoms with Crippen LogP contribution in [-0.2, 0) is 6.54 Å². The molecule has 0 spiro atoms. The topological polar surface area (TPSA) is 118 Å². The van der Waals surface area contributed by atoms with Crippen molar-refractivity contribution in [2.75, 3.05) is 26.4 Å². The fourth-order valence-corrected chi connectivity index (χ4v) is 3.56. The summed E-state index contributed by atoms with van der Waals surface area (Å²) < 4.78 is 6.78. The van der Waals surface area contributed by atoms with Crippen LogP contribution < -0.4 is 15.6 Å². The molecule has 1 aliphatic rings. The van der Waals surface area contributed by atoms with Crippen molar-refractivity contribution in [2.45, 2.75) is 26.3 Å². The van der Waals surface area contributed by atoms with Crippen molar-refractivity contribution in [3.63, 3.8) is 0 Å². The van der Waals surface area contributed by atoms with Gasteiger partial charge in [-0.1, -0.05) is 12.1 Å². The first kappa shape index (κ1) is 22.7. The van der Waals surface area contributed by atoms with Crippen LogP contribution >= 0.6 is 0 Å². The second-order valence-corrected chi connectivity index (χ2v) is 7.72. The summed E-state index contributed by atoms with van der Waals surface area (Å²) in [7, 11) is 0. The number of ketones is 1. The first-order chi connectivity index (χ1) is 15.0. The summed E-state index contributed by atoms with van der Waals surface area (Å²) in [5.74, 6) is 0.181. The molecule has 0 bridgehead atoms. The summed E-state index contributed by atoms with van der Waals surface area (Å²) >= 11 is 0. The first-order valence-corrected chi connectivity index (χ1v) is 10.5. The number of aromatic nitrogens is 1. The lowest BCUT2D eigenvalue weighted by molar-refractivity contribution is 0.0953. The quantitative estimate of drug-likeness (QED) is 0.463. The maximum absolute atomic E-state index is 12.9. The van der Waals surface area contributed by atoms with Crippen molar-refractivity contribution in [3.05, 3.63) is 63.6 Å². The largest absolute Gasteiger partial charge is 0.491 e. The maximum atomic E-state index is 12.9. The van der Waals surface area contributed by atoms with Gasteiger partial charge >= 0.3 is 0 Å². The Kier molecular flexibility index (Phi) is 7.59. The van der Waals surface area contributed by atoms with Crippen LogP contribution in [0, 0.1) is 11.8 Å². The van der Waals surface area contributed by atoms with Gasteiger partial charge in [-0.05, 0) is 48.9 Å². The van der Waals surface area contributed by atoms with Gasteiger partial charge in [-0.15, -0.1) is 0 Å².